The van der Waals surface area contributed by atoms with Crippen molar-refractivity contribution in [1.29, 1.82) is 0 Å². The lowest BCUT2D eigenvalue weighted by molar-refractivity contribution is -0.168. The van der Waals surface area contributed by atoms with Crippen molar-refractivity contribution in [3.63, 3.8) is 0 Å². The first-order valence-corrected chi connectivity index (χ1v) is 5.44. The van der Waals surface area contributed by atoms with E-state index in [-0.39, 0.29) is 18.7 Å². The second-order valence-corrected chi connectivity index (χ2v) is 4.59. The van der Waals surface area contributed by atoms with Crippen LogP contribution in [0.4, 0.5) is 0 Å². The first-order valence-electron chi connectivity index (χ1n) is 4.91. The van der Waals surface area contributed by atoms with Crippen LogP contribution in [-0.4, -0.2) is 38.9 Å². The molecule has 3 N–H and O–H groups in total. The number of aliphatic carboxylic acids is 1. The molecule has 4 nitrogen and oxygen atoms in total. The van der Waals surface area contributed by atoms with E-state index in [0.717, 1.165) is 0 Å². The zero-order valence-corrected chi connectivity index (χ0v) is 10.1. The van der Waals surface area contributed by atoms with Gasteiger partial charge in [0.2, 0.25) is 0 Å². The first kappa shape index (κ1) is 14.7. The minimum atomic E-state index is -1.48. The van der Waals surface area contributed by atoms with Crippen molar-refractivity contribution in [3.05, 3.63) is 0 Å². The van der Waals surface area contributed by atoms with E-state index in [0.29, 0.717) is 0 Å². The van der Waals surface area contributed by atoms with Crippen LogP contribution in [0, 0.1) is 5.41 Å². The average Bonchev–Trinajstić information content (AvgIpc) is 2.14. The number of aliphatic hydroxyl groups is 2. The maximum Gasteiger partial charge on any atom is 0.312 e. The highest BCUT2D eigenvalue weighted by molar-refractivity contribution is 6.18. The third-order valence-corrected chi connectivity index (χ3v) is 3.54. The van der Waals surface area contributed by atoms with Crippen molar-refractivity contribution in [1.82, 2.24) is 0 Å². The van der Waals surface area contributed by atoms with Crippen LogP contribution >= 0.6 is 11.6 Å². The van der Waals surface area contributed by atoms with Gasteiger partial charge in [0.1, 0.15) is 0 Å². The van der Waals surface area contributed by atoms with E-state index in [1.54, 1.807) is 6.92 Å². The number of rotatable bonds is 6. The minimum Gasteiger partial charge on any atom is -0.481 e. The number of alkyl halides is 1. The summed E-state index contributed by atoms with van der Waals surface area (Å²) in [6, 6.07) is 0. The van der Waals surface area contributed by atoms with Crippen molar-refractivity contribution in [2.24, 2.45) is 5.41 Å². The Morgan fingerprint density at radius 3 is 2.20 bits per heavy atom. The van der Waals surface area contributed by atoms with Gasteiger partial charge in [0.05, 0.1) is 17.1 Å². The molecule has 0 aliphatic heterocycles. The normalized spacial score (nSPS) is 21.5. The van der Waals surface area contributed by atoms with E-state index in [1.807, 2.05) is 0 Å². The summed E-state index contributed by atoms with van der Waals surface area (Å²) in [5.74, 6) is -1.09. The summed E-state index contributed by atoms with van der Waals surface area (Å²) in [5, 5.41) is 28.5. The Bertz CT molecular complexity index is 229. The van der Waals surface area contributed by atoms with E-state index in [9.17, 15) is 15.0 Å². The van der Waals surface area contributed by atoms with Crippen molar-refractivity contribution >= 4 is 17.6 Å². The van der Waals surface area contributed by atoms with Gasteiger partial charge in [-0.3, -0.25) is 4.79 Å². The fraction of sp³-hybridized carbons (Fsp3) is 0.900. The van der Waals surface area contributed by atoms with E-state index >= 15 is 0 Å². The molecule has 0 bridgehead atoms. The van der Waals surface area contributed by atoms with Gasteiger partial charge in [0, 0.05) is 12.3 Å². The Morgan fingerprint density at radius 1 is 1.47 bits per heavy atom. The lowest BCUT2D eigenvalue weighted by Gasteiger charge is -2.39. The van der Waals surface area contributed by atoms with Crippen molar-refractivity contribution < 1.29 is 20.1 Å². The molecular formula is C10H19ClO4. The number of carboxylic acid groups (broad SMARTS) is 1. The summed E-state index contributed by atoms with van der Waals surface area (Å²) in [5.41, 5.74) is -2.76. The molecule has 0 spiro atoms. The van der Waals surface area contributed by atoms with Gasteiger partial charge < -0.3 is 15.3 Å². The first-order chi connectivity index (χ1) is 6.71. The summed E-state index contributed by atoms with van der Waals surface area (Å²) in [6.07, 6.45) is -0.663. The quantitative estimate of drug-likeness (QED) is 0.609. The topological polar surface area (TPSA) is 77.8 Å². The van der Waals surface area contributed by atoms with E-state index < -0.39 is 23.1 Å². The smallest absolute Gasteiger partial charge is 0.312 e. The zero-order valence-electron chi connectivity index (χ0n) is 9.33. The largest absolute Gasteiger partial charge is 0.481 e. The Morgan fingerprint density at radius 2 is 1.93 bits per heavy atom. The van der Waals surface area contributed by atoms with Gasteiger partial charge >= 0.3 is 5.97 Å². The Balaban J connectivity index is 4.88. The van der Waals surface area contributed by atoms with Gasteiger partial charge in [0.15, 0.2) is 0 Å². The molecular weight excluding hydrogens is 220 g/mol. The molecule has 0 amide bonds. The lowest BCUT2D eigenvalue weighted by Crippen LogP contribution is -2.51. The predicted octanol–water partition coefficient (Wildman–Crippen LogP) is 1.23. The van der Waals surface area contributed by atoms with Crippen LogP contribution in [0.15, 0.2) is 0 Å². The fourth-order valence-corrected chi connectivity index (χ4v) is 1.61. The van der Waals surface area contributed by atoms with Gasteiger partial charge in [0.25, 0.3) is 0 Å². The van der Waals surface area contributed by atoms with Crippen LogP contribution in [0.3, 0.4) is 0 Å². The van der Waals surface area contributed by atoms with Crippen LogP contribution in [0.25, 0.3) is 0 Å². The van der Waals surface area contributed by atoms with Gasteiger partial charge in [-0.2, -0.15) is 0 Å². The molecule has 1 unspecified atom stereocenters. The Labute approximate surface area is 94.9 Å². The monoisotopic (exact) mass is 238 g/mol. The fourth-order valence-electron chi connectivity index (χ4n) is 1.50. The maximum absolute atomic E-state index is 11.1. The number of hydrogen-bond donors (Lipinski definition) is 3. The van der Waals surface area contributed by atoms with Crippen molar-refractivity contribution in [2.45, 2.75) is 45.3 Å². The molecule has 0 rings (SSSR count). The second kappa shape index (κ2) is 5.14. The molecule has 0 radical (unpaired) electrons. The number of hydrogen-bond acceptors (Lipinski definition) is 3. The summed E-state index contributed by atoms with van der Waals surface area (Å²) in [4.78, 5) is 11.1. The summed E-state index contributed by atoms with van der Waals surface area (Å²) >= 11 is 5.42. The SMILES string of the molecule is CCC(C)(C(=O)O)[C@](C)(O)C[C@H](O)CCl. The van der Waals surface area contributed by atoms with Gasteiger partial charge in [-0.25, -0.2) is 0 Å². The standard InChI is InChI=1S/C10H19ClO4/c1-4-9(2,8(13)14)10(3,15)5-7(12)6-11/h7,12,15H,4-6H2,1-3H3,(H,13,14)/t7-,9?,10+/m0/s1. The molecule has 90 valence electrons. The molecule has 3 atom stereocenters. The van der Waals surface area contributed by atoms with E-state index in [4.69, 9.17) is 16.7 Å². The van der Waals surface area contributed by atoms with Gasteiger partial charge in [-0.1, -0.05) is 6.92 Å². The molecule has 15 heavy (non-hydrogen) atoms. The molecule has 0 fully saturated rings. The van der Waals surface area contributed by atoms with Crippen LogP contribution < -0.4 is 0 Å². The lowest BCUT2D eigenvalue weighted by atomic mass is 9.70. The third kappa shape index (κ3) is 3.06. The van der Waals surface area contributed by atoms with Crippen LogP contribution in [0.5, 0.6) is 0 Å². The highest BCUT2D eigenvalue weighted by Crippen LogP contribution is 2.38. The summed E-state index contributed by atoms with van der Waals surface area (Å²) in [6.45, 7) is 4.58. The number of carbonyl (C=O) groups is 1. The van der Waals surface area contributed by atoms with E-state index in [2.05, 4.69) is 0 Å². The van der Waals surface area contributed by atoms with Crippen LogP contribution in [0.2, 0.25) is 0 Å². The molecule has 0 aliphatic carbocycles. The molecule has 0 aromatic heterocycles. The number of aliphatic hydroxyl groups excluding tert-OH is 1. The molecule has 0 aliphatic rings. The molecule has 0 saturated heterocycles. The van der Waals surface area contributed by atoms with Crippen LogP contribution in [0.1, 0.15) is 33.6 Å². The van der Waals surface area contributed by atoms with Crippen molar-refractivity contribution in [3.8, 4) is 0 Å². The summed E-state index contributed by atoms with van der Waals surface area (Å²) < 4.78 is 0. The number of halogens is 1. The van der Waals surface area contributed by atoms with Crippen LogP contribution in [-0.2, 0) is 4.79 Å². The van der Waals surface area contributed by atoms with Gasteiger partial charge in [-0.15, -0.1) is 11.6 Å². The minimum absolute atomic E-state index is 0.0183. The Kier molecular flexibility index (Phi) is 5.03. The molecule has 5 heteroatoms. The van der Waals surface area contributed by atoms with E-state index in [1.165, 1.54) is 13.8 Å². The molecule has 0 aromatic carbocycles. The van der Waals surface area contributed by atoms with Crippen molar-refractivity contribution in [2.75, 3.05) is 5.88 Å². The predicted molar refractivity (Wildman–Crippen MR) is 58.0 cm³/mol. The highest BCUT2D eigenvalue weighted by Gasteiger charge is 2.48. The molecule has 0 saturated carbocycles. The van der Waals surface area contributed by atoms with Gasteiger partial charge in [-0.05, 0) is 20.3 Å². The second-order valence-electron chi connectivity index (χ2n) is 4.28. The average molecular weight is 239 g/mol. The molecule has 0 aromatic rings. The zero-order chi connectivity index (χ0) is 12.3. The highest BCUT2D eigenvalue weighted by atomic mass is 35.5. The molecule has 0 heterocycles. The maximum atomic E-state index is 11.1. The third-order valence-electron chi connectivity index (χ3n) is 3.18. The Hall–Kier alpha value is -0.320. The number of carboxylic acids is 1. The summed E-state index contributed by atoms with van der Waals surface area (Å²) in [7, 11) is 0.